The number of carbonyl (C=O) groups is 1. The third-order valence-electron chi connectivity index (χ3n) is 2.30. The molecule has 0 saturated carbocycles. The van der Waals surface area contributed by atoms with Crippen LogP contribution in [-0.4, -0.2) is 10.9 Å². The largest absolute Gasteiger partial charge is 0.322 e. The van der Waals surface area contributed by atoms with E-state index >= 15 is 0 Å². The highest BCUT2D eigenvalue weighted by atomic mass is 19.1. The summed E-state index contributed by atoms with van der Waals surface area (Å²) >= 11 is 0. The first-order chi connectivity index (χ1) is 8.70. The molecule has 6 heteroatoms. The summed E-state index contributed by atoms with van der Waals surface area (Å²) in [5.74, 6) is 4.47. The maximum absolute atomic E-state index is 13.0. The number of anilines is 2. The minimum atomic E-state index is -0.417. The fraction of sp³-hybridized carbons (Fsp3) is 0. The average Bonchev–Trinajstić information content (AvgIpc) is 2.38. The van der Waals surface area contributed by atoms with E-state index in [9.17, 15) is 9.18 Å². The number of hydrogen-bond acceptors (Lipinski definition) is 4. The molecule has 0 radical (unpaired) electrons. The highest BCUT2D eigenvalue weighted by Gasteiger charge is 2.11. The molecule has 1 aromatic carbocycles. The van der Waals surface area contributed by atoms with Crippen molar-refractivity contribution in [3.8, 4) is 0 Å². The number of hydrogen-bond donors (Lipinski definition) is 3. The highest BCUT2D eigenvalue weighted by Crippen LogP contribution is 2.15. The van der Waals surface area contributed by atoms with Crippen molar-refractivity contribution in [3.05, 3.63) is 54.1 Å². The fourth-order valence-electron chi connectivity index (χ4n) is 1.47. The van der Waals surface area contributed by atoms with E-state index in [2.05, 4.69) is 15.7 Å². The van der Waals surface area contributed by atoms with E-state index in [0.717, 1.165) is 0 Å². The van der Waals surface area contributed by atoms with Crippen molar-refractivity contribution in [2.45, 2.75) is 0 Å². The van der Waals surface area contributed by atoms with E-state index in [1.165, 1.54) is 36.7 Å². The van der Waals surface area contributed by atoms with Crippen LogP contribution >= 0.6 is 0 Å². The maximum atomic E-state index is 13.0. The molecule has 0 unspecified atom stereocenters. The zero-order valence-electron chi connectivity index (χ0n) is 9.35. The van der Waals surface area contributed by atoms with Crippen molar-refractivity contribution in [2.75, 3.05) is 10.7 Å². The van der Waals surface area contributed by atoms with Gasteiger partial charge in [0.05, 0.1) is 17.4 Å². The second-order valence-corrected chi connectivity index (χ2v) is 3.53. The van der Waals surface area contributed by atoms with Gasteiger partial charge in [-0.25, -0.2) is 4.39 Å². The molecule has 18 heavy (non-hydrogen) atoms. The second kappa shape index (κ2) is 5.24. The summed E-state index contributed by atoms with van der Waals surface area (Å²) < 4.78 is 13.0. The molecule has 0 aliphatic rings. The third kappa shape index (κ3) is 2.61. The minimum absolute atomic E-state index is 0.330. The molecule has 1 aromatic heterocycles. The molecule has 4 N–H and O–H groups in total. The maximum Gasteiger partial charge on any atom is 0.257 e. The lowest BCUT2D eigenvalue weighted by Crippen LogP contribution is -2.17. The number of nitrogens with zero attached hydrogens (tertiary/aromatic N) is 1. The van der Waals surface area contributed by atoms with Crippen molar-refractivity contribution in [2.24, 2.45) is 5.84 Å². The van der Waals surface area contributed by atoms with E-state index in [-0.39, 0.29) is 0 Å². The van der Waals surface area contributed by atoms with Crippen molar-refractivity contribution in [1.29, 1.82) is 0 Å². The van der Waals surface area contributed by atoms with Gasteiger partial charge in [-0.2, -0.15) is 0 Å². The molecule has 0 bridgehead atoms. The Morgan fingerprint density at radius 1 is 1.33 bits per heavy atom. The van der Waals surface area contributed by atoms with Crippen LogP contribution in [0.1, 0.15) is 10.4 Å². The van der Waals surface area contributed by atoms with Gasteiger partial charge in [0, 0.05) is 11.9 Å². The fourth-order valence-corrected chi connectivity index (χ4v) is 1.47. The first kappa shape index (κ1) is 12.0. The number of aromatic nitrogens is 1. The van der Waals surface area contributed by atoms with Crippen molar-refractivity contribution in [3.63, 3.8) is 0 Å². The molecule has 0 aliphatic heterocycles. The number of hydrazine groups is 1. The predicted molar refractivity (Wildman–Crippen MR) is 66.4 cm³/mol. The Kier molecular flexibility index (Phi) is 3.49. The van der Waals surface area contributed by atoms with Crippen LogP contribution in [0.3, 0.4) is 0 Å². The molecule has 1 heterocycles. The van der Waals surface area contributed by atoms with E-state index in [4.69, 9.17) is 5.84 Å². The molecule has 0 saturated heterocycles. The number of rotatable bonds is 3. The first-order valence-electron chi connectivity index (χ1n) is 5.18. The number of amides is 1. The molecule has 2 aromatic rings. The average molecular weight is 246 g/mol. The Labute approximate surface area is 103 Å². The molecule has 0 fully saturated rings. The van der Waals surface area contributed by atoms with Crippen LogP contribution in [0.15, 0.2) is 42.7 Å². The van der Waals surface area contributed by atoms with E-state index in [1.54, 1.807) is 6.07 Å². The Hall–Kier alpha value is -2.47. The highest BCUT2D eigenvalue weighted by molar-refractivity contribution is 6.07. The van der Waals surface area contributed by atoms with Crippen LogP contribution in [0.4, 0.5) is 15.8 Å². The van der Waals surface area contributed by atoms with Crippen LogP contribution in [0.5, 0.6) is 0 Å². The van der Waals surface area contributed by atoms with Crippen molar-refractivity contribution < 1.29 is 9.18 Å². The predicted octanol–water partition coefficient (Wildman–Crippen LogP) is 1.76. The number of benzene rings is 1. The Balaban J connectivity index is 2.22. The summed E-state index contributed by atoms with van der Waals surface area (Å²) in [4.78, 5) is 15.8. The zero-order chi connectivity index (χ0) is 13.0. The summed E-state index contributed by atoms with van der Waals surface area (Å²) in [6.07, 6.45) is 2.90. The van der Waals surface area contributed by atoms with Crippen LogP contribution in [0, 0.1) is 5.82 Å². The smallest absolute Gasteiger partial charge is 0.257 e. The summed E-state index contributed by atoms with van der Waals surface area (Å²) in [5, 5.41) is 2.57. The minimum Gasteiger partial charge on any atom is -0.322 e. The summed E-state index contributed by atoms with van der Waals surface area (Å²) in [7, 11) is 0. The lowest BCUT2D eigenvalue weighted by atomic mass is 10.2. The standard InChI is InChI=1S/C12H11FN4O/c13-8-2-1-3-9(6-8)16-12(18)10-4-5-15-7-11(10)17-14/h1-7,17H,14H2,(H,16,18). The normalized spacial score (nSPS) is 9.89. The Morgan fingerprint density at radius 3 is 2.89 bits per heavy atom. The number of carbonyl (C=O) groups excluding carboxylic acids is 1. The van der Waals surface area contributed by atoms with Gasteiger partial charge in [-0.15, -0.1) is 0 Å². The molecule has 1 amide bonds. The SMILES string of the molecule is NNc1cnccc1C(=O)Nc1cccc(F)c1. The molecular formula is C12H11FN4O. The summed E-state index contributed by atoms with van der Waals surface area (Å²) in [6, 6.07) is 7.16. The molecule has 0 spiro atoms. The number of halogens is 1. The zero-order valence-corrected chi connectivity index (χ0v) is 9.35. The monoisotopic (exact) mass is 246 g/mol. The van der Waals surface area contributed by atoms with Crippen LogP contribution < -0.4 is 16.6 Å². The summed E-state index contributed by atoms with van der Waals surface area (Å²) in [5.41, 5.74) is 3.48. The molecule has 5 nitrogen and oxygen atoms in total. The first-order valence-corrected chi connectivity index (χ1v) is 5.18. The van der Waals surface area contributed by atoms with Gasteiger partial charge in [0.15, 0.2) is 0 Å². The number of pyridine rings is 1. The van der Waals surface area contributed by atoms with Gasteiger partial charge >= 0.3 is 0 Å². The quantitative estimate of drug-likeness (QED) is 0.569. The van der Waals surface area contributed by atoms with Gasteiger partial charge < -0.3 is 10.7 Å². The van der Waals surface area contributed by atoms with Gasteiger partial charge in [-0.05, 0) is 24.3 Å². The van der Waals surface area contributed by atoms with Crippen LogP contribution in [0.25, 0.3) is 0 Å². The van der Waals surface area contributed by atoms with Crippen LogP contribution in [0.2, 0.25) is 0 Å². The topological polar surface area (TPSA) is 80.0 Å². The third-order valence-corrected chi connectivity index (χ3v) is 2.30. The number of nitrogen functional groups attached to an aromatic ring is 1. The second-order valence-electron chi connectivity index (χ2n) is 3.53. The van der Waals surface area contributed by atoms with Gasteiger partial charge in [0.2, 0.25) is 0 Å². The molecule has 2 rings (SSSR count). The number of nitrogens with one attached hydrogen (secondary N) is 2. The van der Waals surface area contributed by atoms with Gasteiger partial charge in [-0.1, -0.05) is 6.07 Å². The van der Waals surface area contributed by atoms with Gasteiger partial charge in [0.1, 0.15) is 5.82 Å². The number of nitrogens with two attached hydrogens (primary N) is 1. The molecule has 92 valence electrons. The lowest BCUT2D eigenvalue weighted by molar-refractivity contribution is 0.102. The van der Waals surface area contributed by atoms with Gasteiger partial charge in [-0.3, -0.25) is 15.6 Å². The Morgan fingerprint density at radius 2 is 2.17 bits per heavy atom. The van der Waals surface area contributed by atoms with E-state index < -0.39 is 11.7 Å². The summed E-state index contributed by atoms with van der Waals surface area (Å²) in [6.45, 7) is 0. The molecular weight excluding hydrogens is 235 g/mol. The van der Waals surface area contributed by atoms with Gasteiger partial charge in [0.25, 0.3) is 5.91 Å². The molecule has 0 atom stereocenters. The Bertz CT molecular complexity index is 574. The van der Waals surface area contributed by atoms with Crippen LogP contribution in [-0.2, 0) is 0 Å². The van der Waals surface area contributed by atoms with E-state index in [1.807, 2.05) is 0 Å². The van der Waals surface area contributed by atoms with E-state index in [0.29, 0.717) is 16.9 Å². The van der Waals surface area contributed by atoms with Crippen molar-refractivity contribution >= 4 is 17.3 Å². The molecule has 0 aliphatic carbocycles. The van der Waals surface area contributed by atoms with Crippen molar-refractivity contribution in [1.82, 2.24) is 4.98 Å². The lowest BCUT2D eigenvalue weighted by Gasteiger charge is -2.08.